The third-order valence-corrected chi connectivity index (χ3v) is 4.97. The van der Waals surface area contributed by atoms with Crippen molar-refractivity contribution in [1.82, 2.24) is 10.3 Å². The summed E-state index contributed by atoms with van der Waals surface area (Å²) in [6.07, 6.45) is 3.47. The Kier molecular flexibility index (Phi) is 6.85. The van der Waals surface area contributed by atoms with Crippen molar-refractivity contribution >= 4 is 34.5 Å². The SMILES string of the molecule is Cc1cccc(NC(=O)NC(=O)COC(=O)CCCc2c[nH]c3ccccc23)c1C. The van der Waals surface area contributed by atoms with Crippen LogP contribution in [-0.4, -0.2) is 29.5 Å². The first-order valence-electron chi connectivity index (χ1n) is 9.81. The zero-order chi connectivity index (χ0) is 21.5. The number of nitrogens with one attached hydrogen (secondary N) is 3. The van der Waals surface area contributed by atoms with Gasteiger partial charge in [-0.3, -0.25) is 14.9 Å². The standard InChI is InChI=1S/C23H25N3O4/c1-15-7-5-11-19(16(15)2)25-23(29)26-21(27)14-30-22(28)12-6-8-17-13-24-20-10-4-3-9-18(17)20/h3-5,7,9-11,13,24H,6,8,12,14H2,1-2H3,(H2,25,26,27,29). The van der Waals surface area contributed by atoms with Gasteiger partial charge in [-0.2, -0.15) is 0 Å². The molecular weight excluding hydrogens is 382 g/mol. The van der Waals surface area contributed by atoms with Gasteiger partial charge in [0.25, 0.3) is 5.91 Å². The third-order valence-electron chi connectivity index (χ3n) is 4.97. The van der Waals surface area contributed by atoms with Crippen molar-refractivity contribution in [2.24, 2.45) is 0 Å². The molecule has 3 aromatic rings. The van der Waals surface area contributed by atoms with Crippen LogP contribution in [0.2, 0.25) is 0 Å². The number of benzene rings is 2. The van der Waals surface area contributed by atoms with Gasteiger partial charge in [-0.1, -0.05) is 30.3 Å². The molecule has 7 heteroatoms. The molecule has 1 heterocycles. The third kappa shape index (κ3) is 5.47. The monoisotopic (exact) mass is 407 g/mol. The summed E-state index contributed by atoms with van der Waals surface area (Å²) < 4.78 is 4.97. The molecule has 0 unspecified atom stereocenters. The Morgan fingerprint density at radius 2 is 1.83 bits per heavy atom. The molecule has 3 rings (SSSR count). The smallest absolute Gasteiger partial charge is 0.325 e. The summed E-state index contributed by atoms with van der Waals surface area (Å²) in [5.41, 5.74) is 4.77. The van der Waals surface area contributed by atoms with Gasteiger partial charge >= 0.3 is 12.0 Å². The fraction of sp³-hybridized carbons (Fsp3) is 0.261. The van der Waals surface area contributed by atoms with Gasteiger partial charge in [-0.25, -0.2) is 4.79 Å². The first-order chi connectivity index (χ1) is 14.4. The van der Waals surface area contributed by atoms with Crippen LogP contribution >= 0.6 is 0 Å². The van der Waals surface area contributed by atoms with E-state index in [0.29, 0.717) is 12.1 Å². The minimum absolute atomic E-state index is 0.196. The van der Waals surface area contributed by atoms with Crippen LogP contribution in [0.15, 0.2) is 48.7 Å². The Bertz CT molecular complexity index is 1070. The van der Waals surface area contributed by atoms with Crippen LogP contribution in [0.1, 0.15) is 29.5 Å². The normalized spacial score (nSPS) is 10.6. The molecule has 0 atom stereocenters. The Morgan fingerprint density at radius 3 is 2.67 bits per heavy atom. The fourth-order valence-corrected chi connectivity index (χ4v) is 3.18. The average molecular weight is 407 g/mol. The molecule has 0 saturated carbocycles. The number of aryl methyl sites for hydroxylation is 2. The number of aromatic amines is 1. The van der Waals surface area contributed by atoms with Crippen molar-refractivity contribution in [2.45, 2.75) is 33.1 Å². The zero-order valence-corrected chi connectivity index (χ0v) is 17.1. The van der Waals surface area contributed by atoms with Crippen molar-refractivity contribution in [3.63, 3.8) is 0 Å². The lowest BCUT2D eigenvalue weighted by atomic mass is 10.1. The number of carbonyl (C=O) groups excluding carboxylic acids is 3. The number of ether oxygens (including phenoxy) is 1. The molecule has 0 radical (unpaired) electrons. The van der Waals surface area contributed by atoms with E-state index < -0.39 is 24.5 Å². The van der Waals surface area contributed by atoms with E-state index in [9.17, 15) is 14.4 Å². The number of amides is 3. The molecule has 0 bridgehead atoms. The van der Waals surface area contributed by atoms with Crippen molar-refractivity contribution in [3.05, 3.63) is 65.4 Å². The lowest BCUT2D eigenvalue weighted by Crippen LogP contribution is -2.37. The Labute approximate surface area is 174 Å². The second-order valence-corrected chi connectivity index (χ2v) is 7.12. The van der Waals surface area contributed by atoms with Gasteiger partial charge in [0.1, 0.15) is 0 Å². The van der Waals surface area contributed by atoms with E-state index in [1.165, 1.54) is 0 Å². The summed E-state index contributed by atoms with van der Waals surface area (Å²) in [4.78, 5) is 38.9. The van der Waals surface area contributed by atoms with Gasteiger partial charge in [0, 0.05) is 29.2 Å². The number of hydrogen-bond donors (Lipinski definition) is 3. The molecule has 2 aromatic carbocycles. The number of anilines is 1. The van der Waals surface area contributed by atoms with E-state index in [2.05, 4.69) is 15.6 Å². The van der Waals surface area contributed by atoms with E-state index in [1.54, 1.807) is 6.07 Å². The largest absolute Gasteiger partial charge is 0.456 e. The molecule has 0 aliphatic heterocycles. The van der Waals surface area contributed by atoms with Crippen molar-refractivity contribution < 1.29 is 19.1 Å². The van der Waals surface area contributed by atoms with Crippen LogP contribution in [0.4, 0.5) is 10.5 Å². The van der Waals surface area contributed by atoms with Crippen LogP contribution in [0, 0.1) is 13.8 Å². The number of H-pyrrole nitrogens is 1. The van der Waals surface area contributed by atoms with Gasteiger partial charge < -0.3 is 15.0 Å². The summed E-state index contributed by atoms with van der Waals surface area (Å²) >= 11 is 0. The maximum Gasteiger partial charge on any atom is 0.325 e. The highest BCUT2D eigenvalue weighted by molar-refractivity contribution is 6.02. The molecule has 0 spiro atoms. The molecule has 0 aliphatic carbocycles. The maximum atomic E-state index is 12.0. The number of hydrogen-bond acceptors (Lipinski definition) is 4. The highest BCUT2D eigenvalue weighted by atomic mass is 16.5. The summed E-state index contributed by atoms with van der Waals surface area (Å²) in [5, 5.41) is 5.92. The number of carbonyl (C=O) groups is 3. The number of para-hydroxylation sites is 1. The van der Waals surface area contributed by atoms with Crippen LogP contribution < -0.4 is 10.6 Å². The number of fused-ring (bicyclic) bond motifs is 1. The van der Waals surface area contributed by atoms with E-state index in [1.807, 2.05) is 56.4 Å². The number of urea groups is 1. The molecule has 3 amide bonds. The predicted molar refractivity (Wildman–Crippen MR) is 115 cm³/mol. The minimum Gasteiger partial charge on any atom is -0.456 e. The second kappa shape index (κ2) is 9.73. The molecule has 3 N–H and O–H groups in total. The van der Waals surface area contributed by atoms with E-state index >= 15 is 0 Å². The predicted octanol–water partition coefficient (Wildman–Crippen LogP) is 4.00. The zero-order valence-electron chi connectivity index (χ0n) is 17.1. The number of imide groups is 1. The minimum atomic E-state index is -0.678. The maximum absolute atomic E-state index is 12.0. The number of esters is 1. The summed E-state index contributed by atoms with van der Waals surface area (Å²) in [6.45, 7) is 3.32. The first-order valence-corrected chi connectivity index (χ1v) is 9.81. The van der Waals surface area contributed by atoms with Gasteiger partial charge in [0.05, 0.1) is 0 Å². The van der Waals surface area contributed by atoms with Crippen LogP contribution in [0.25, 0.3) is 10.9 Å². The molecule has 156 valence electrons. The molecule has 1 aromatic heterocycles. The van der Waals surface area contributed by atoms with E-state index in [-0.39, 0.29) is 6.42 Å². The number of aromatic nitrogens is 1. The van der Waals surface area contributed by atoms with Crippen molar-refractivity contribution in [2.75, 3.05) is 11.9 Å². The van der Waals surface area contributed by atoms with Crippen molar-refractivity contribution in [1.29, 1.82) is 0 Å². The van der Waals surface area contributed by atoms with Gasteiger partial charge in [0.2, 0.25) is 0 Å². The lowest BCUT2D eigenvalue weighted by Gasteiger charge is -2.11. The summed E-state index contributed by atoms with van der Waals surface area (Å²) in [6, 6.07) is 12.8. The van der Waals surface area contributed by atoms with E-state index in [4.69, 9.17) is 4.74 Å². The lowest BCUT2D eigenvalue weighted by molar-refractivity contribution is -0.148. The Morgan fingerprint density at radius 1 is 1.03 bits per heavy atom. The average Bonchev–Trinajstić information content (AvgIpc) is 3.13. The molecule has 0 aliphatic rings. The van der Waals surface area contributed by atoms with Gasteiger partial charge in [-0.15, -0.1) is 0 Å². The van der Waals surface area contributed by atoms with Crippen molar-refractivity contribution in [3.8, 4) is 0 Å². The molecular formula is C23H25N3O4. The fourth-order valence-electron chi connectivity index (χ4n) is 3.18. The summed E-state index contributed by atoms with van der Waals surface area (Å²) in [5.74, 6) is -1.15. The molecule has 30 heavy (non-hydrogen) atoms. The van der Waals surface area contributed by atoms with E-state index in [0.717, 1.165) is 34.0 Å². The van der Waals surface area contributed by atoms with Gasteiger partial charge in [-0.05, 0) is 55.5 Å². The molecule has 0 saturated heterocycles. The molecule has 7 nitrogen and oxygen atoms in total. The quantitative estimate of drug-likeness (QED) is 0.515. The highest BCUT2D eigenvalue weighted by Crippen LogP contribution is 2.19. The topological polar surface area (TPSA) is 100 Å². The number of rotatable bonds is 7. The molecule has 0 fully saturated rings. The van der Waals surface area contributed by atoms with Crippen LogP contribution in [-0.2, 0) is 20.7 Å². The van der Waals surface area contributed by atoms with Crippen LogP contribution in [0.5, 0.6) is 0 Å². The first kappa shape index (κ1) is 21.1. The Balaban J connectivity index is 1.37. The second-order valence-electron chi connectivity index (χ2n) is 7.12. The summed E-state index contributed by atoms with van der Waals surface area (Å²) in [7, 11) is 0. The van der Waals surface area contributed by atoms with Crippen LogP contribution in [0.3, 0.4) is 0 Å². The van der Waals surface area contributed by atoms with Gasteiger partial charge in [0.15, 0.2) is 6.61 Å². The highest BCUT2D eigenvalue weighted by Gasteiger charge is 2.12. The Hall–Kier alpha value is -3.61.